The number of rotatable bonds is 4. The standard InChI is InChI=1S/C18H23N3O5S/c1-18(2,3)26-17(22)20-8-6-12(7-9-20)11-27-16-19-14-10-13(21(23)24)4-5-15(14)25-16/h4-5,10,12H,6-9,11H2,1-3H3. The van der Waals surface area contributed by atoms with E-state index in [1.807, 2.05) is 20.8 Å². The average Bonchev–Trinajstić information content (AvgIpc) is 3.01. The van der Waals surface area contributed by atoms with Crippen LogP contribution in [0.1, 0.15) is 33.6 Å². The lowest BCUT2D eigenvalue weighted by Crippen LogP contribution is -2.42. The smallest absolute Gasteiger partial charge is 0.410 e. The molecular weight excluding hydrogens is 370 g/mol. The number of nitro benzene ring substituents is 1. The Kier molecular flexibility index (Phi) is 5.59. The third-order valence-electron chi connectivity index (χ3n) is 4.27. The van der Waals surface area contributed by atoms with Gasteiger partial charge in [0, 0.05) is 31.0 Å². The van der Waals surface area contributed by atoms with Gasteiger partial charge in [0.25, 0.3) is 10.9 Å². The summed E-state index contributed by atoms with van der Waals surface area (Å²) >= 11 is 1.50. The maximum absolute atomic E-state index is 12.1. The van der Waals surface area contributed by atoms with Crippen molar-refractivity contribution in [3.63, 3.8) is 0 Å². The van der Waals surface area contributed by atoms with Crippen LogP contribution in [-0.2, 0) is 4.74 Å². The summed E-state index contributed by atoms with van der Waals surface area (Å²) in [4.78, 5) is 28.6. The molecule has 3 rings (SSSR count). The van der Waals surface area contributed by atoms with Crippen LogP contribution in [0.2, 0.25) is 0 Å². The third-order valence-corrected chi connectivity index (χ3v) is 5.33. The SMILES string of the molecule is CC(C)(C)OC(=O)N1CCC(CSc2nc3cc([N+](=O)[O-])ccc3o2)CC1. The highest BCUT2D eigenvalue weighted by molar-refractivity contribution is 7.99. The predicted molar refractivity (Wildman–Crippen MR) is 102 cm³/mol. The lowest BCUT2D eigenvalue weighted by Gasteiger charge is -2.33. The number of thioether (sulfide) groups is 1. The minimum absolute atomic E-state index is 0.00173. The summed E-state index contributed by atoms with van der Waals surface area (Å²) in [6.45, 7) is 6.95. The molecule has 1 aromatic heterocycles. The highest BCUT2D eigenvalue weighted by atomic mass is 32.2. The number of amides is 1. The molecule has 27 heavy (non-hydrogen) atoms. The molecule has 2 heterocycles. The average molecular weight is 393 g/mol. The molecule has 8 nitrogen and oxygen atoms in total. The Morgan fingerprint density at radius 1 is 1.41 bits per heavy atom. The van der Waals surface area contributed by atoms with E-state index in [9.17, 15) is 14.9 Å². The van der Waals surface area contributed by atoms with Crippen molar-refractivity contribution in [2.75, 3.05) is 18.8 Å². The quantitative estimate of drug-likeness (QED) is 0.429. The molecule has 0 spiro atoms. The summed E-state index contributed by atoms with van der Waals surface area (Å²) in [7, 11) is 0. The van der Waals surface area contributed by atoms with E-state index in [1.54, 1.807) is 11.0 Å². The van der Waals surface area contributed by atoms with Gasteiger partial charge in [-0.05, 0) is 45.6 Å². The lowest BCUT2D eigenvalue weighted by molar-refractivity contribution is -0.384. The fourth-order valence-electron chi connectivity index (χ4n) is 2.87. The summed E-state index contributed by atoms with van der Waals surface area (Å²) in [6, 6.07) is 4.40. The Morgan fingerprint density at radius 3 is 2.74 bits per heavy atom. The van der Waals surface area contributed by atoms with E-state index >= 15 is 0 Å². The van der Waals surface area contributed by atoms with Crippen LogP contribution in [0.5, 0.6) is 0 Å². The second-order valence-electron chi connectivity index (χ2n) is 7.61. The molecule has 1 saturated heterocycles. The number of ether oxygens (including phenoxy) is 1. The van der Waals surface area contributed by atoms with E-state index in [2.05, 4.69) is 4.98 Å². The first-order chi connectivity index (χ1) is 12.7. The third kappa shape index (κ3) is 5.12. The minimum Gasteiger partial charge on any atom is -0.444 e. The van der Waals surface area contributed by atoms with Gasteiger partial charge in [0.1, 0.15) is 11.1 Å². The van der Waals surface area contributed by atoms with Gasteiger partial charge in [-0.1, -0.05) is 11.8 Å². The predicted octanol–water partition coefficient (Wildman–Crippen LogP) is 4.48. The molecule has 0 saturated carbocycles. The lowest BCUT2D eigenvalue weighted by atomic mass is 9.99. The monoisotopic (exact) mass is 393 g/mol. The number of benzene rings is 1. The first-order valence-corrected chi connectivity index (χ1v) is 9.85. The Bertz CT molecular complexity index is 837. The molecule has 1 aliphatic rings. The maximum atomic E-state index is 12.1. The molecule has 1 aromatic carbocycles. The summed E-state index contributed by atoms with van der Waals surface area (Å²) in [5.41, 5.74) is 0.558. The number of hydrogen-bond donors (Lipinski definition) is 0. The number of carbonyl (C=O) groups is 1. The van der Waals surface area contributed by atoms with Crippen LogP contribution in [0, 0.1) is 16.0 Å². The van der Waals surface area contributed by atoms with Crippen molar-refractivity contribution in [1.29, 1.82) is 0 Å². The largest absolute Gasteiger partial charge is 0.444 e. The first-order valence-electron chi connectivity index (χ1n) is 8.87. The van der Waals surface area contributed by atoms with Crippen LogP contribution in [-0.4, -0.2) is 45.3 Å². The molecular formula is C18H23N3O5S. The molecule has 146 valence electrons. The van der Waals surface area contributed by atoms with Gasteiger partial charge < -0.3 is 14.1 Å². The van der Waals surface area contributed by atoms with Gasteiger partial charge >= 0.3 is 6.09 Å². The van der Waals surface area contributed by atoms with E-state index in [-0.39, 0.29) is 11.8 Å². The summed E-state index contributed by atoms with van der Waals surface area (Å²) < 4.78 is 11.1. The van der Waals surface area contributed by atoms with Crippen molar-refractivity contribution < 1.29 is 18.9 Å². The fraction of sp³-hybridized carbons (Fsp3) is 0.556. The van der Waals surface area contributed by atoms with Crippen LogP contribution in [0.4, 0.5) is 10.5 Å². The van der Waals surface area contributed by atoms with Crippen LogP contribution < -0.4 is 0 Å². The van der Waals surface area contributed by atoms with Gasteiger partial charge in [-0.15, -0.1) is 0 Å². The summed E-state index contributed by atoms with van der Waals surface area (Å²) in [5, 5.41) is 11.4. The Morgan fingerprint density at radius 2 is 2.11 bits per heavy atom. The van der Waals surface area contributed by atoms with E-state index in [0.717, 1.165) is 18.6 Å². The number of oxazole rings is 1. The number of likely N-dealkylation sites (tertiary alicyclic amines) is 1. The number of nitro groups is 1. The zero-order valence-corrected chi connectivity index (χ0v) is 16.5. The van der Waals surface area contributed by atoms with E-state index in [1.165, 1.54) is 23.9 Å². The number of non-ortho nitro benzene ring substituents is 1. The minimum atomic E-state index is -0.480. The molecule has 0 aliphatic carbocycles. The van der Waals surface area contributed by atoms with Crippen molar-refractivity contribution in [2.24, 2.45) is 5.92 Å². The highest BCUT2D eigenvalue weighted by Crippen LogP contribution is 2.30. The van der Waals surface area contributed by atoms with Gasteiger partial charge in [-0.2, -0.15) is 0 Å². The number of piperidine rings is 1. The molecule has 0 unspecified atom stereocenters. The van der Waals surface area contributed by atoms with E-state index < -0.39 is 10.5 Å². The second kappa shape index (κ2) is 7.75. The molecule has 9 heteroatoms. The van der Waals surface area contributed by atoms with Crippen LogP contribution in [0.15, 0.2) is 27.8 Å². The van der Waals surface area contributed by atoms with Crippen LogP contribution >= 0.6 is 11.8 Å². The number of carbonyl (C=O) groups excluding carboxylic acids is 1. The van der Waals surface area contributed by atoms with Crippen LogP contribution in [0.3, 0.4) is 0 Å². The van der Waals surface area contributed by atoms with E-state index in [0.29, 0.717) is 35.3 Å². The molecule has 1 aliphatic heterocycles. The topological polar surface area (TPSA) is 98.7 Å². The van der Waals surface area contributed by atoms with Crippen molar-refractivity contribution in [2.45, 2.75) is 44.4 Å². The van der Waals surface area contributed by atoms with Gasteiger partial charge in [0.2, 0.25) is 0 Å². The summed E-state index contributed by atoms with van der Waals surface area (Å²) in [5.74, 6) is 1.29. The van der Waals surface area contributed by atoms with Gasteiger partial charge in [-0.25, -0.2) is 9.78 Å². The number of fused-ring (bicyclic) bond motifs is 1. The van der Waals surface area contributed by atoms with Crippen molar-refractivity contribution in [3.05, 3.63) is 28.3 Å². The molecule has 0 radical (unpaired) electrons. The van der Waals surface area contributed by atoms with E-state index in [4.69, 9.17) is 9.15 Å². The molecule has 0 atom stereocenters. The zero-order valence-electron chi connectivity index (χ0n) is 15.6. The van der Waals surface area contributed by atoms with Crippen molar-refractivity contribution in [1.82, 2.24) is 9.88 Å². The van der Waals surface area contributed by atoms with Gasteiger partial charge in [0.15, 0.2) is 5.58 Å². The normalized spacial score (nSPS) is 15.9. The zero-order chi connectivity index (χ0) is 19.6. The Hall–Kier alpha value is -2.29. The number of nitrogens with zero attached hydrogens (tertiary/aromatic N) is 3. The summed E-state index contributed by atoms with van der Waals surface area (Å²) in [6.07, 6.45) is 1.55. The molecule has 0 N–H and O–H groups in total. The van der Waals surface area contributed by atoms with Gasteiger partial charge in [0.05, 0.1) is 4.92 Å². The van der Waals surface area contributed by atoms with Crippen molar-refractivity contribution >= 4 is 34.6 Å². The first kappa shape index (κ1) is 19.5. The Labute approximate surface area is 161 Å². The van der Waals surface area contributed by atoms with Crippen LogP contribution in [0.25, 0.3) is 11.1 Å². The van der Waals surface area contributed by atoms with Gasteiger partial charge in [-0.3, -0.25) is 10.1 Å². The fourth-order valence-corrected chi connectivity index (χ4v) is 3.89. The number of aromatic nitrogens is 1. The Balaban J connectivity index is 1.51. The maximum Gasteiger partial charge on any atom is 0.410 e. The molecule has 1 fully saturated rings. The second-order valence-corrected chi connectivity index (χ2v) is 8.58. The molecule has 1 amide bonds. The molecule has 2 aromatic rings. The number of hydrogen-bond acceptors (Lipinski definition) is 7. The molecule has 0 bridgehead atoms. The van der Waals surface area contributed by atoms with Crippen molar-refractivity contribution in [3.8, 4) is 0 Å². The highest BCUT2D eigenvalue weighted by Gasteiger charge is 2.27.